The summed E-state index contributed by atoms with van der Waals surface area (Å²) in [7, 11) is 0. The van der Waals surface area contributed by atoms with Gasteiger partial charge in [-0.05, 0) is 37.5 Å². The molecule has 0 spiro atoms. The number of hydrogen-bond donors (Lipinski definition) is 0. The molecule has 0 bridgehead atoms. The lowest BCUT2D eigenvalue weighted by Crippen LogP contribution is -2.27. The van der Waals surface area contributed by atoms with E-state index in [1.54, 1.807) is 0 Å². The Labute approximate surface area is 86.8 Å². The van der Waals surface area contributed by atoms with E-state index in [9.17, 15) is 0 Å². The maximum absolute atomic E-state index is 6.05. The molecule has 78 valence electrons. The van der Waals surface area contributed by atoms with Crippen LogP contribution in [0.1, 0.15) is 46.0 Å². The largest absolute Gasteiger partial charge is 0.378 e. The molecular weight excluding hydrogens is 184 g/mol. The smallest absolute Gasteiger partial charge is 0.0581 e. The predicted octanol–water partition coefficient (Wildman–Crippen LogP) is 3.60. The van der Waals surface area contributed by atoms with E-state index in [2.05, 4.69) is 13.8 Å². The van der Waals surface area contributed by atoms with Gasteiger partial charge in [0.2, 0.25) is 0 Å². The highest BCUT2D eigenvalue weighted by Gasteiger charge is 2.30. The molecule has 0 aromatic rings. The molecule has 0 amide bonds. The summed E-state index contributed by atoms with van der Waals surface area (Å²) in [6.45, 7) is 5.43. The molecule has 1 nitrogen and oxygen atoms in total. The number of ether oxygens (including phenoxy) is 1. The number of hydrogen-bond acceptors (Lipinski definition) is 1. The van der Waals surface area contributed by atoms with E-state index in [4.69, 9.17) is 16.3 Å². The Morgan fingerprint density at radius 1 is 1.38 bits per heavy atom. The fraction of sp³-hybridized carbons (Fsp3) is 1.00. The van der Waals surface area contributed by atoms with E-state index in [-0.39, 0.29) is 0 Å². The first-order valence-electron chi connectivity index (χ1n) is 5.44. The Morgan fingerprint density at radius 3 is 2.46 bits per heavy atom. The highest BCUT2D eigenvalue weighted by molar-refractivity contribution is 6.18. The van der Waals surface area contributed by atoms with Crippen molar-refractivity contribution in [1.82, 2.24) is 0 Å². The van der Waals surface area contributed by atoms with Gasteiger partial charge in [-0.25, -0.2) is 0 Å². The molecule has 0 aromatic carbocycles. The third-order valence-electron chi connectivity index (χ3n) is 3.47. The van der Waals surface area contributed by atoms with Crippen LogP contribution in [-0.2, 0) is 4.74 Å². The zero-order valence-electron chi connectivity index (χ0n) is 8.81. The summed E-state index contributed by atoms with van der Waals surface area (Å²) in [6.07, 6.45) is 6.46. The van der Waals surface area contributed by atoms with Gasteiger partial charge in [0.25, 0.3) is 0 Å². The van der Waals surface area contributed by atoms with Crippen LogP contribution in [-0.4, -0.2) is 18.6 Å². The summed E-state index contributed by atoms with van der Waals surface area (Å²) in [4.78, 5) is 0. The topological polar surface area (TPSA) is 9.23 Å². The molecule has 1 aliphatic rings. The Morgan fingerprint density at radius 2 is 2.08 bits per heavy atom. The van der Waals surface area contributed by atoms with Gasteiger partial charge in [-0.3, -0.25) is 0 Å². The highest BCUT2D eigenvalue weighted by atomic mass is 35.5. The normalized spacial score (nSPS) is 23.8. The van der Waals surface area contributed by atoms with Gasteiger partial charge in [-0.2, -0.15) is 0 Å². The van der Waals surface area contributed by atoms with Crippen molar-refractivity contribution in [2.45, 2.75) is 52.1 Å². The van der Waals surface area contributed by atoms with Gasteiger partial charge < -0.3 is 4.74 Å². The van der Waals surface area contributed by atoms with E-state index in [1.807, 2.05) is 0 Å². The molecule has 1 heterocycles. The molecule has 1 atom stereocenters. The minimum atomic E-state index is 0.330. The second kappa shape index (κ2) is 5.21. The first kappa shape index (κ1) is 11.3. The van der Waals surface area contributed by atoms with Crippen molar-refractivity contribution in [3.8, 4) is 0 Å². The van der Waals surface area contributed by atoms with Crippen LogP contribution in [0.5, 0.6) is 0 Å². The molecule has 0 aliphatic carbocycles. The maximum atomic E-state index is 6.05. The molecular formula is C11H21ClO. The van der Waals surface area contributed by atoms with Gasteiger partial charge in [0.15, 0.2) is 0 Å². The van der Waals surface area contributed by atoms with Gasteiger partial charge in [0, 0.05) is 12.5 Å². The van der Waals surface area contributed by atoms with Gasteiger partial charge in [0.1, 0.15) is 0 Å². The Balaban J connectivity index is 2.44. The van der Waals surface area contributed by atoms with Crippen LogP contribution < -0.4 is 0 Å². The van der Waals surface area contributed by atoms with E-state index in [0.29, 0.717) is 11.5 Å². The van der Waals surface area contributed by atoms with Crippen LogP contribution in [0.15, 0.2) is 0 Å². The van der Waals surface area contributed by atoms with Crippen molar-refractivity contribution in [2.75, 3.05) is 12.5 Å². The maximum Gasteiger partial charge on any atom is 0.0581 e. The predicted molar refractivity (Wildman–Crippen MR) is 57.3 cm³/mol. The summed E-state index contributed by atoms with van der Waals surface area (Å²) >= 11 is 6.05. The van der Waals surface area contributed by atoms with Crippen LogP contribution >= 0.6 is 11.6 Å². The lowest BCUT2D eigenvalue weighted by Gasteiger charge is -2.31. The number of rotatable bonds is 5. The molecule has 2 heteroatoms. The fourth-order valence-corrected chi connectivity index (χ4v) is 2.56. The molecule has 0 aromatic heterocycles. The zero-order chi connectivity index (χ0) is 9.73. The van der Waals surface area contributed by atoms with Crippen molar-refractivity contribution in [3.05, 3.63) is 0 Å². The summed E-state index contributed by atoms with van der Waals surface area (Å²) in [5, 5.41) is 0. The van der Waals surface area contributed by atoms with Crippen molar-refractivity contribution in [1.29, 1.82) is 0 Å². The van der Waals surface area contributed by atoms with Crippen LogP contribution in [0.25, 0.3) is 0 Å². The van der Waals surface area contributed by atoms with Crippen molar-refractivity contribution in [3.63, 3.8) is 0 Å². The number of halogens is 1. The monoisotopic (exact) mass is 204 g/mol. The first-order chi connectivity index (χ1) is 6.26. The van der Waals surface area contributed by atoms with Crippen molar-refractivity contribution < 1.29 is 4.74 Å². The third-order valence-corrected chi connectivity index (χ3v) is 4.04. The molecule has 1 aliphatic heterocycles. The molecule has 1 saturated heterocycles. The average molecular weight is 205 g/mol. The summed E-state index contributed by atoms with van der Waals surface area (Å²) in [6, 6.07) is 0. The van der Waals surface area contributed by atoms with Crippen LogP contribution in [0.2, 0.25) is 0 Å². The summed E-state index contributed by atoms with van der Waals surface area (Å²) < 4.78 is 5.66. The lowest BCUT2D eigenvalue weighted by atomic mass is 9.79. The minimum Gasteiger partial charge on any atom is -0.378 e. The Kier molecular flexibility index (Phi) is 4.54. The molecule has 0 saturated carbocycles. The third kappa shape index (κ3) is 2.85. The van der Waals surface area contributed by atoms with Gasteiger partial charge in [-0.15, -0.1) is 11.6 Å². The second-order valence-corrected chi connectivity index (χ2v) is 4.45. The molecule has 13 heavy (non-hydrogen) atoms. The molecule has 0 N–H and O–H groups in total. The van der Waals surface area contributed by atoms with E-state index in [1.165, 1.54) is 25.7 Å². The first-order valence-corrected chi connectivity index (χ1v) is 5.97. The van der Waals surface area contributed by atoms with Gasteiger partial charge in [-0.1, -0.05) is 13.8 Å². The summed E-state index contributed by atoms with van der Waals surface area (Å²) in [5.74, 6) is 0.778. The zero-order valence-corrected chi connectivity index (χ0v) is 9.57. The highest BCUT2D eigenvalue weighted by Crippen LogP contribution is 2.36. The summed E-state index contributed by atoms with van der Waals surface area (Å²) in [5.41, 5.74) is 0.330. The fourth-order valence-electron chi connectivity index (χ4n) is 2.07. The van der Waals surface area contributed by atoms with Gasteiger partial charge in [0.05, 0.1) is 6.10 Å². The Hall–Kier alpha value is 0.250. The standard InChI is InChI=1S/C11H21ClO/c1-3-11(4-2,9-12)8-10-6-5-7-13-10/h10H,3-9H2,1-2H3. The second-order valence-electron chi connectivity index (χ2n) is 4.18. The SMILES string of the molecule is CCC(CC)(CCl)CC1CCCO1. The quantitative estimate of drug-likeness (QED) is 0.622. The van der Waals surface area contributed by atoms with Gasteiger partial charge >= 0.3 is 0 Å². The van der Waals surface area contributed by atoms with E-state index < -0.39 is 0 Å². The lowest BCUT2D eigenvalue weighted by molar-refractivity contribution is 0.0643. The average Bonchev–Trinajstić information content (AvgIpc) is 2.67. The van der Waals surface area contributed by atoms with E-state index >= 15 is 0 Å². The Bertz CT molecular complexity index is 129. The van der Waals surface area contributed by atoms with Crippen molar-refractivity contribution in [2.24, 2.45) is 5.41 Å². The molecule has 0 radical (unpaired) electrons. The number of alkyl halides is 1. The molecule has 1 rings (SSSR count). The minimum absolute atomic E-state index is 0.330. The van der Waals surface area contributed by atoms with E-state index in [0.717, 1.165) is 18.9 Å². The van der Waals surface area contributed by atoms with Crippen LogP contribution in [0, 0.1) is 5.41 Å². The van der Waals surface area contributed by atoms with Crippen molar-refractivity contribution >= 4 is 11.6 Å². The van der Waals surface area contributed by atoms with Crippen LogP contribution in [0.4, 0.5) is 0 Å². The molecule has 1 unspecified atom stereocenters. The van der Waals surface area contributed by atoms with Crippen LogP contribution in [0.3, 0.4) is 0 Å². The molecule has 1 fully saturated rings.